The lowest BCUT2D eigenvalue weighted by molar-refractivity contribution is -0.161. The molecule has 0 bridgehead atoms. The number of carbonyl (C=O) groups excluding carboxylic acids is 2. The molecule has 0 radical (unpaired) electrons. The summed E-state index contributed by atoms with van der Waals surface area (Å²) in [6.45, 7) is 3.54. The molecule has 554 valence electrons. The third kappa shape index (κ3) is 80.5. The van der Waals surface area contributed by atoms with Gasteiger partial charge in [-0.25, -0.2) is 4.57 Å². The Bertz CT molecular complexity index is 2160. The lowest BCUT2D eigenvalue weighted by atomic mass is 10.0. The second kappa shape index (κ2) is 80.6. The molecule has 0 fully saturated rings. The van der Waals surface area contributed by atoms with Crippen molar-refractivity contribution < 1.29 is 37.6 Å². The van der Waals surface area contributed by atoms with Crippen LogP contribution >= 0.6 is 7.82 Å². The minimum absolute atomic E-state index is 0.0480. The molecular weight excluding hydrogens is 1220 g/mol. The molecule has 97 heavy (non-hydrogen) atoms. The second-order valence-corrected chi connectivity index (χ2v) is 27.6. The average Bonchev–Trinajstić information content (AvgIpc) is 2.69. The number of unbranched alkanes of at least 4 members (excludes halogenated alkanes) is 35. The largest absolute Gasteiger partial charge is 0.472 e. The van der Waals surface area contributed by atoms with E-state index in [2.05, 4.69) is 172 Å². The van der Waals surface area contributed by atoms with Crippen LogP contribution in [-0.2, 0) is 32.7 Å². The fourth-order valence-corrected chi connectivity index (χ4v) is 11.9. The Morgan fingerprint density at radius 3 is 0.794 bits per heavy atom. The maximum atomic E-state index is 12.8. The van der Waals surface area contributed by atoms with E-state index in [4.69, 9.17) is 24.3 Å². The molecule has 3 N–H and O–H groups in total. The lowest BCUT2D eigenvalue weighted by Crippen LogP contribution is -2.29. The summed E-state index contributed by atoms with van der Waals surface area (Å²) in [7, 11) is -4.41. The van der Waals surface area contributed by atoms with Gasteiger partial charge >= 0.3 is 19.8 Å². The topological polar surface area (TPSA) is 134 Å². The van der Waals surface area contributed by atoms with Crippen molar-refractivity contribution in [1.82, 2.24) is 0 Å². The molecule has 0 aliphatic rings. The van der Waals surface area contributed by atoms with Gasteiger partial charge in [0.25, 0.3) is 0 Å². The van der Waals surface area contributed by atoms with Gasteiger partial charge in [-0.2, -0.15) is 0 Å². The molecule has 0 aliphatic heterocycles. The van der Waals surface area contributed by atoms with E-state index in [1.54, 1.807) is 0 Å². The molecule has 2 unspecified atom stereocenters. The predicted molar refractivity (Wildman–Crippen MR) is 422 cm³/mol. The zero-order valence-corrected chi connectivity index (χ0v) is 63.4. The molecule has 0 amide bonds. The van der Waals surface area contributed by atoms with Gasteiger partial charge < -0.3 is 20.1 Å². The molecule has 0 aromatic carbocycles. The standard InChI is InChI=1S/C87H148NO8P/c1-3-5-7-9-11-13-15-17-19-21-23-25-27-29-31-33-35-37-39-40-41-42-43-44-46-47-49-51-53-55-57-59-61-63-65-67-69-71-73-75-77-79-86(89)93-83-85(84-95-97(91,92)94-82-81-88)96-87(90)80-78-76-74-72-70-68-66-64-62-60-58-56-54-52-50-48-45-38-36-34-32-30-28-26-24-22-20-18-16-14-12-10-8-6-4-2/h5-8,11-14,17-20,23-26,29-32,36,38,48,50,54,56,85H,3-4,9-10,15-16,21-22,27-28,33-35,37,39-47,49,51-53,55,57-84,88H2,1-2H3,(H,91,92)/b7-5-,8-6-,13-11-,14-12-,19-17-,20-18-,25-23-,26-24-,31-29-,32-30-,38-36-,50-48-,56-54-. The van der Waals surface area contributed by atoms with Crippen LogP contribution in [0.1, 0.15) is 348 Å². The number of phosphoric acid groups is 1. The molecule has 0 rings (SSSR count). The number of rotatable bonds is 74. The van der Waals surface area contributed by atoms with Crippen molar-refractivity contribution in [1.29, 1.82) is 0 Å². The number of nitrogens with two attached hydrogens (primary N) is 1. The van der Waals surface area contributed by atoms with Crippen molar-refractivity contribution >= 4 is 19.8 Å². The fraction of sp³-hybridized carbons (Fsp3) is 0.678. The lowest BCUT2D eigenvalue weighted by Gasteiger charge is -2.19. The summed E-state index contributed by atoms with van der Waals surface area (Å²) in [6.07, 6.45) is 118. The van der Waals surface area contributed by atoms with Gasteiger partial charge in [0.2, 0.25) is 0 Å². The highest BCUT2D eigenvalue weighted by Crippen LogP contribution is 2.43. The van der Waals surface area contributed by atoms with E-state index >= 15 is 0 Å². The van der Waals surface area contributed by atoms with E-state index in [0.29, 0.717) is 6.42 Å². The highest BCUT2D eigenvalue weighted by molar-refractivity contribution is 7.47. The molecule has 0 spiro atoms. The van der Waals surface area contributed by atoms with Crippen LogP contribution in [0.2, 0.25) is 0 Å². The summed E-state index contributed by atoms with van der Waals surface area (Å²) in [4.78, 5) is 35.5. The molecule has 0 saturated carbocycles. The summed E-state index contributed by atoms with van der Waals surface area (Å²) >= 11 is 0. The molecule has 0 heterocycles. The first-order valence-corrected chi connectivity index (χ1v) is 41.5. The molecule has 2 atom stereocenters. The van der Waals surface area contributed by atoms with Crippen LogP contribution in [0, 0.1) is 0 Å². The summed E-state index contributed by atoms with van der Waals surface area (Å²) in [5.41, 5.74) is 5.41. The molecule has 10 heteroatoms. The Balaban J connectivity index is 3.83. The molecular formula is C87H148NO8P. The Morgan fingerprint density at radius 2 is 0.536 bits per heavy atom. The summed E-state index contributed by atoms with van der Waals surface area (Å²) in [6, 6.07) is 0. The normalized spacial score (nSPS) is 13.7. The van der Waals surface area contributed by atoms with E-state index in [0.717, 1.165) is 128 Å². The van der Waals surface area contributed by atoms with Crippen molar-refractivity contribution in [2.75, 3.05) is 26.4 Å². The summed E-state index contributed by atoms with van der Waals surface area (Å²) < 4.78 is 33.3. The van der Waals surface area contributed by atoms with Gasteiger partial charge in [0, 0.05) is 19.4 Å². The van der Waals surface area contributed by atoms with Gasteiger partial charge in [0.1, 0.15) is 6.61 Å². The molecule has 0 aromatic rings. The van der Waals surface area contributed by atoms with Crippen LogP contribution in [-0.4, -0.2) is 49.3 Å². The van der Waals surface area contributed by atoms with Gasteiger partial charge in [0.05, 0.1) is 13.2 Å². The second-order valence-electron chi connectivity index (χ2n) is 26.2. The summed E-state index contributed by atoms with van der Waals surface area (Å²) in [5, 5.41) is 0. The van der Waals surface area contributed by atoms with Crippen molar-refractivity contribution in [3.63, 3.8) is 0 Å². The van der Waals surface area contributed by atoms with Crippen molar-refractivity contribution in [2.45, 2.75) is 354 Å². The SMILES string of the molecule is CC/C=C\C/C=C\C/C=C\C/C=C\C/C=C\C/C=C\C/C=C\C/C=C\CCCCCCCCCCCCC(=O)OC(COC(=O)CCCCCCCCCCCCCCCCCCCCCCCCCCC/C=C\C/C=C\C/C=C\C/C=C\C/C=C\CC)COP(=O)(O)OCCN. The zero-order chi connectivity index (χ0) is 70.0. The van der Waals surface area contributed by atoms with Crippen LogP contribution in [0.4, 0.5) is 0 Å². The maximum absolute atomic E-state index is 12.8. The molecule has 0 saturated heterocycles. The van der Waals surface area contributed by atoms with E-state index in [-0.39, 0.29) is 38.6 Å². The third-order valence-electron chi connectivity index (χ3n) is 16.9. The highest BCUT2D eigenvalue weighted by atomic mass is 31.2. The monoisotopic (exact) mass is 1370 g/mol. The predicted octanol–water partition coefficient (Wildman–Crippen LogP) is 27.1. The Morgan fingerprint density at radius 1 is 0.309 bits per heavy atom. The highest BCUT2D eigenvalue weighted by Gasteiger charge is 2.26. The number of hydrogen-bond acceptors (Lipinski definition) is 8. The smallest absolute Gasteiger partial charge is 0.462 e. The van der Waals surface area contributed by atoms with Gasteiger partial charge in [-0.05, 0) is 122 Å². The Hall–Kier alpha value is -4.37. The number of esters is 2. The molecule has 0 aliphatic carbocycles. The van der Waals surface area contributed by atoms with E-state index in [1.807, 2.05) is 0 Å². The molecule has 9 nitrogen and oxygen atoms in total. The van der Waals surface area contributed by atoms with Crippen LogP contribution in [0.3, 0.4) is 0 Å². The number of carbonyl (C=O) groups is 2. The Kier molecular flexibility index (Phi) is 77.0. The fourth-order valence-electron chi connectivity index (χ4n) is 11.1. The quantitative estimate of drug-likeness (QED) is 0.0264. The first-order chi connectivity index (χ1) is 47.8. The van der Waals surface area contributed by atoms with Gasteiger partial charge in [-0.1, -0.05) is 371 Å². The van der Waals surface area contributed by atoms with Gasteiger partial charge in [0.15, 0.2) is 6.10 Å². The number of phosphoric ester groups is 1. The first-order valence-electron chi connectivity index (χ1n) is 40.0. The molecule has 0 aromatic heterocycles. The van der Waals surface area contributed by atoms with Crippen LogP contribution in [0.5, 0.6) is 0 Å². The van der Waals surface area contributed by atoms with Gasteiger partial charge in [-0.3, -0.25) is 18.6 Å². The first kappa shape index (κ1) is 92.6. The van der Waals surface area contributed by atoms with Crippen molar-refractivity contribution in [3.8, 4) is 0 Å². The third-order valence-corrected chi connectivity index (χ3v) is 17.9. The minimum Gasteiger partial charge on any atom is -0.462 e. The number of allylic oxidation sites excluding steroid dienone is 26. The van der Waals surface area contributed by atoms with E-state index in [9.17, 15) is 19.0 Å². The maximum Gasteiger partial charge on any atom is 0.472 e. The van der Waals surface area contributed by atoms with E-state index < -0.39 is 26.5 Å². The number of ether oxygens (including phenoxy) is 2. The van der Waals surface area contributed by atoms with Gasteiger partial charge in [-0.15, -0.1) is 0 Å². The van der Waals surface area contributed by atoms with Crippen LogP contribution < -0.4 is 5.73 Å². The van der Waals surface area contributed by atoms with Crippen molar-refractivity contribution in [3.05, 3.63) is 158 Å². The van der Waals surface area contributed by atoms with Crippen molar-refractivity contribution in [2.24, 2.45) is 5.73 Å². The van der Waals surface area contributed by atoms with Crippen LogP contribution in [0.25, 0.3) is 0 Å². The van der Waals surface area contributed by atoms with E-state index in [1.165, 1.54) is 186 Å². The Labute approximate surface area is 598 Å². The average molecular weight is 1370 g/mol. The zero-order valence-electron chi connectivity index (χ0n) is 62.5. The number of hydrogen-bond donors (Lipinski definition) is 2. The summed E-state index contributed by atoms with van der Waals surface area (Å²) in [5.74, 6) is -0.826. The minimum atomic E-state index is -4.41. The van der Waals surface area contributed by atoms with Crippen LogP contribution in [0.15, 0.2) is 158 Å².